The molecule has 0 aliphatic rings. The van der Waals surface area contributed by atoms with Crippen molar-refractivity contribution in [3.8, 4) is 0 Å². The van der Waals surface area contributed by atoms with Crippen LogP contribution in [0.5, 0.6) is 0 Å². The molecule has 0 aliphatic carbocycles. The van der Waals surface area contributed by atoms with Gasteiger partial charge in [0, 0.05) is 0 Å². The van der Waals surface area contributed by atoms with Crippen LogP contribution in [-0.2, 0) is 0 Å². The maximum Gasteiger partial charge on any atom is -0.00112 e. The highest BCUT2D eigenvalue weighted by Gasteiger charge is 2.22. The highest BCUT2D eigenvalue weighted by molar-refractivity contribution is 7.99. The normalized spacial score (nSPS) is 12.0. The molecule has 0 aliphatic heterocycles. The molecular weight excluding hydrogens is 152 g/mol. The van der Waals surface area contributed by atoms with Crippen LogP contribution in [0.4, 0.5) is 0 Å². The summed E-state index contributed by atoms with van der Waals surface area (Å²) >= 11 is 2.09. The molecule has 0 rings (SSSR count). The van der Waals surface area contributed by atoms with Crippen molar-refractivity contribution in [2.75, 3.05) is 11.5 Å². The summed E-state index contributed by atoms with van der Waals surface area (Å²) in [5, 5.41) is 0. The van der Waals surface area contributed by atoms with Crippen LogP contribution in [0.3, 0.4) is 0 Å². The molecule has 0 saturated heterocycles. The van der Waals surface area contributed by atoms with Crippen LogP contribution >= 0.6 is 11.8 Å². The van der Waals surface area contributed by atoms with Crippen LogP contribution in [0.2, 0.25) is 0 Å². The van der Waals surface area contributed by atoms with Crippen molar-refractivity contribution in [1.29, 1.82) is 0 Å². The average molecular weight is 174 g/mol. The molecule has 1 heteroatoms. The minimum atomic E-state index is 0.640. The highest BCUT2D eigenvalue weighted by atomic mass is 32.2. The summed E-state index contributed by atoms with van der Waals surface area (Å²) in [7, 11) is 0. The van der Waals surface area contributed by atoms with E-state index < -0.39 is 0 Å². The summed E-state index contributed by atoms with van der Waals surface area (Å²) in [4.78, 5) is 0. The lowest BCUT2D eigenvalue weighted by Gasteiger charge is -2.29. The van der Waals surface area contributed by atoms with Gasteiger partial charge in [0.25, 0.3) is 0 Å². The van der Waals surface area contributed by atoms with Crippen molar-refractivity contribution >= 4 is 11.8 Å². The summed E-state index contributed by atoms with van der Waals surface area (Å²) in [5.74, 6) is 2.62. The monoisotopic (exact) mass is 174 g/mol. The molecule has 0 bridgehead atoms. The van der Waals surface area contributed by atoms with E-state index in [2.05, 4.69) is 39.5 Å². The lowest BCUT2D eigenvalue weighted by atomic mass is 9.82. The van der Waals surface area contributed by atoms with Crippen molar-refractivity contribution in [3.05, 3.63) is 0 Å². The van der Waals surface area contributed by atoms with Crippen LogP contribution in [0.25, 0.3) is 0 Å². The van der Waals surface area contributed by atoms with Crippen LogP contribution in [-0.4, -0.2) is 11.5 Å². The largest absolute Gasteiger partial charge is 0.162 e. The smallest absolute Gasteiger partial charge is 0.00112 e. The molecule has 0 atom stereocenters. The lowest BCUT2D eigenvalue weighted by molar-refractivity contribution is 0.295. The molecule has 0 aromatic heterocycles. The van der Waals surface area contributed by atoms with Crippen LogP contribution in [0.1, 0.15) is 47.0 Å². The maximum atomic E-state index is 2.32. The van der Waals surface area contributed by atoms with Gasteiger partial charge in [0.1, 0.15) is 0 Å². The summed E-state index contributed by atoms with van der Waals surface area (Å²) in [6.45, 7) is 9.21. The number of rotatable bonds is 6. The third kappa shape index (κ3) is 3.50. The van der Waals surface area contributed by atoms with Gasteiger partial charge in [0.05, 0.1) is 0 Å². The Morgan fingerprint density at radius 2 is 1.36 bits per heavy atom. The predicted octanol–water partition coefficient (Wildman–Crippen LogP) is 3.96. The van der Waals surface area contributed by atoms with Crippen molar-refractivity contribution < 1.29 is 0 Å². The first kappa shape index (κ1) is 11.4. The van der Waals surface area contributed by atoms with E-state index in [9.17, 15) is 0 Å². The van der Waals surface area contributed by atoms with Gasteiger partial charge in [-0.25, -0.2) is 0 Å². The molecule has 0 nitrogen and oxygen atoms in total. The van der Waals surface area contributed by atoms with E-state index in [0.717, 1.165) is 0 Å². The first-order chi connectivity index (χ1) is 5.24. The fourth-order valence-corrected chi connectivity index (χ4v) is 2.62. The Morgan fingerprint density at radius 1 is 0.909 bits per heavy atom. The fourth-order valence-electron chi connectivity index (χ4n) is 1.37. The second-order valence-electron chi connectivity index (χ2n) is 3.20. The Kier molecular flexibility index (Phi) is 6.12. The van der Waals surface area contributed by atoms with Gasteiger partial charge in [0.2, 0.25) is 0 Å². The van der Waals surface area contributed by atoms with Crippen molar-refractivity contribution in [2.24, 2.45) is 5.41 Å². The van der Waals surface area contributed by atoms with Gasteiger partial charge < -0.3 is 0 Å². The Bertz CT molecular complexity index is 76.6. The zero-order chi connectivity index (χ0) is 8.74. The molecule has 0 spiro atoms. The van der Waals surface area contributed by atoms with E-state index in [-0.39, 0.29) is 0 Å². The highest BCUT2D eigenvalue weighted by Crippen LogP contribution is 2.33. The van der Waals surface area contributed by atoms with Gasteiger partial charge in [0.15, 0.2) is 0 Å². The molecule has 0 saturated carbocycles. The third-order valence-corrected chi connectivity index (χ3v) is 4.09. The number of hydrogen-bond acceptors (Lipinski definition) is 1. The van der Waals surface area contributed by atoms with Crippen molar-refractivity contribution in [3.63, 3.8) is 0 Å². The Balaban J connectivity index is 3.84. The molecule has 11 heavy (non-hydrogen) atoms. The summed E-state index contributed by atoms with van der Waals surface area (Å²) in [6.07, 6.45) is 4.02. The first-order valence-corrected chi connectivity index (χ1v) is 5.97. The molecule has 0 heterocycles. The molecule has 0 amide bonds. The quantitative estimate of drug-likeness (QED) is 0.587. The van der Waals surface area contributed by atoms with Crippen molar-refractivity contribution in [1.82, 2.24) is 0 Å². The molecule has 0 unspecified atom stereocenters. The van der Waals surface area contributed by atoms with E-state index in [1.54, 1.807) is 0 Å². The van der Waals surface area contributed by atoms with Gasteiger partial charge >= 0.3 is 0 Å². The second kappa shape index (κ2) is 5.93. The minimum Gasteiger partial charge on any atom is -0.162 e. The van der Waals surface area contributed by atoms with Gasteiger partial charge in [-0.2, -0.15) is 11.8 Å². The SMILES string of the molecule is CCSCC(CC)(CC)CC. The fraction of sp³-hybridized carbons (Fsp3) is 1.00. The van der Waals surface area contributed by atoms with E-state index in [4.69, 9.17) is 0 Å². The number of thioether (sulfide) groups is 1. The Hall–Kier alpha value is 0.350. The molecule has 68 valence electrons. The van der Waals surface area contributed by atoms with Gasteiger partial charge in [-0.3, -0.25) is 0 Å². The van der Waals surface area contributed by atoms with Gasteiger partial charge in [-0.15, -0.1) is 0 Å². The maximum absolute atomic E-state index is 2.32. The topological polar surface area (TPSA) is 0 Å². The Labute approximate surface area is 76.1 Å². The van der Waals surface area contributed by atoms with Gasteiger partial charge in [-0.05, 0) is 36.2 Å². The van der Waals surface area contributed by atoms with E-state index >= 15 is 0 Å². The molecule has 0 aromatic carbocycles. The third-order valence-electron chi connectivity index (χ3n) is 2.86. The van der Waals surface area contributed by atoms with Crippen LogP contribution < -0.4 is 0 Å². The zero-order valence-corrected chi connectivity index (χ0v) is 9.26. The van der Waals surface area contributed by atoms with Crippen molar-refractivity contribution in [2.45, 2.75) is 47.0 Å². The molecule has 0 aromatic rings. The second-order valence-corrected chi connectivity index (χ2v) is 4.47. The standard InChI is InChI=1S/C10H22S/c1-5-10(6-2,7-3)9-11-8-4/h5-9H2,1-4H3. The lowest BCUT2D eigenvalue weighted by Crippen LogP contribution is -2.20. The summed E-state index contributed by atoms with van der Waals surface area (Å²) < 4.78 is 0. The van der Waals surface area contributed by atoms with Crippen LogP contribution in [0, 0.1) is 5.41 Å². The molecule has 0 fully saturated rings. The molecule has 0 N–H and O–H groups in total. The number of hydrogen-bond donors (Lipinski definition) is 0. The minimum absolute atomic E-state index is 0.640. The van der Waals surface area contributed by atoms with Crippen LogP contribution in [0.15, 0.2) is 0 Å². The van der Waals surface area contributed by atoms with E-state index in [1.807, 2.05) is 0 Å². The summed E-state index contributed by atoms with van der Waals surface area (Å²) in [5.41, 5.74) is 0.640. The Morgan fingerprint density at radius 3 is 1.64 bits per heavy atom. The predicted molar refractivity (Wildman–Crippen MR) is 56.3 cm³/mol. The summed E-state index contributed by atoms with van der Waals surface area (Å²) in [6, 6.07) is 0. The average Bonchev–Trinajstić information content (AvgIpc) is 2.08. The van der Waals surface area contributed by atoms with E-state index in [0.29, 0.717) is 5.41 Å². The van der Waals surface area contributed by atoms with Gasteiger partial charge in [-0.1, -0.05) is 27.7 Å². The molecule has 0 radical (unpaired) electrons. The zero-order valence-electron chi connectivity index (χ0n) is 8.44. The van der Waals surface area contributed by atoms with E-state index in [1.165, 1.54) is 30.8 Å². The molecular formula is C10H22S. The first-order valence-electron chi connectivity index (χ1n) is 4.82.